The Morgan fingerprint density at radius 1 is 0.275 bits per heavy atom. The zero-order valence-corrected chi connectivity index (χ0v) is 33.5. The lowest BCUT2D eigenvalue weighted by molar-refractivity contribution is -0.145. The summed E-state index contributed by atoms with van der Waals surface area (Å²) in [6.07, 6.45) is 27.0. The van der Waals surface area contributed by atoms with Crippen LogP contribution < -0.4 is 0 Å². The molecule has 0 N–H and O–H groups in total. The molecule has 0 aliphatic rings. The quantitative estimate of drug-likeness (QED) is 0.0445. The fourth-order valence-electron chi connectivity index (χ4n) is 5.38. The molecule has 10 heteroatoms. The molecule has 0 spiro atoms. The van der Waals surface area contributed by atoms with Crippen LogP contribution >= 0.6 is 0 Å². The van der Waals surface area contributed by atoms with Gasteiger partial charge in [-0.3, -0.25) is 4.79 Å². The topological polar surface area (TPSA) is 100 Å². The molecular formula is C41H82O10. The van der Waals surface area contributed by atoms with Crippen molar-refractivity contribution in [1.82, 2.24) is 0 Å². The fourth-order valence-corrected chi connectivity index (χ4v) is 5.38. The summed E-state index contributed by atoms with van der Waals surface area (Å²) in [5.74, 6) is -0.145. The molecule has 0 atom stereocenters. The minimum absolute atomic E-state index is 0.145. The highest BCUT2D eigenvalue weighted by Gasteiger charge is 2.02. The fraction of sp³-hybridized carbons (Fsp3) is 0.976. The van der Waals surface area contributed by atoms with E-state index < -0.39 is 0 Å². The van der Waals surface area contributed by atoms with Crippen molar-refractivity contribution in [1.29, 1.82) is 0 Å². The Balaban J connectivity index is 3.08. The first kappa shape index (κ1) is 50.1. The van der Waals surface area contributed by atoms with E-state index in [1.54, 1.807) is 0 Å². The van der Waals surface area contributed by atoms with Crippen LogP contribution in [-0.4, -0.2) is 118 Å². The third-order valence-electron chi connectivity index (χ3n) is 8.47. The van der Waals surface area contributed by atoms with Crippen molar-refractivity contribution in [2.75, 3.05) is 112 Å². The predicted molar refractivity (Wildman–Crippen MR) is 206 cm³/mol. The Hall–Kier alpha value is -0.850. The minimum atomic E-state index is -0.145. The van der Waals surface area contributed by atoms with Gasteiger partial charge in [0.1, 0.15) is 6.61 Å². The number of hydrogen-bond acceptors (Lipinski definition) is 10. The third-order valence-corrected chi connectivity index (χ3v) is 8.47. The molecule has 0 aromatic carbocycles. The van der Waals surface area contributed by atoms with Crippen LogP contribution in [0.15, 0.2) is 0 Å². The van der Waals surface area contributed by atoms with Crippen LogP contribution in [0.3, 0.4) is 0 Å². The average molecular weight is 735 g/mol. The van der Waals surface area contributed by atoms with Crippen LogP contribution in [0.5, 0.6) is 0 Å². The van der Waals surface area contributed by atoms with Gasteiger partial charge in [0.05, 0.1) is 99.1 Å². The van der Waals surface area contributed by atoms with Crippen LogP contribution in [0.4, 0.5) is 0 Å². The molecule has 0 unspecified atom stereocenters. The summed E-state index contributed by atoms with van der Waals surface area (Å²) in [7, 11) is 0. The van der Waals surface area contributed by atoms with Crippen LogP contribution in [-0.2, 0) is 47.4 Å². The van der Waals surface area contributed by atoms with E-state index in [9.17, 15) is 4.79 Å². The van der Waals surface area contributed by atoms with E-state index in [0.717, 1.165) is 38.7 Å². The van der Waals surface area contributed by atoms with Gasteiger partial charge >= 0.3 is 5.97 Å². The summed E-state index contributed by atoms with van der Waals surface area (Å²) in [5.41, 5.74) is 0. The molecule has 0 bridgehead atoms. The zero-order valence-electron chi connectivity index (χ0n) is 33.5. The Kier molecular flexibility index (Phi) is 46.4. The Labute approximate surface area is 314 Å². The van der Waals surface area contributed by atoms with Crippen molar-refractivity contribution in [3.63, 3.8) is 0 Å². The summed E-state index contributed by atoms with van der Waals surface area (Å²) < 4.78 is 49.3. The van der Waals surface area contributed by atoms with Crippen molar-refractivity contribution < 1.29 is 47.4 Å². The van der Waals surface area contributed by atoms with Gasteiger partial charge in [0, 0.05) is 13.0 Å². The molecule has 10 nitrogen and oxygen atoms in total. The standard InChI is InChI=1S/C41H82O10/c1-3-5-7-9-10-11-12-13-14-15-16-17-18-19-20-22-24-43-25-26-44-27-28-45-29-30-46-31-32-47-33-34-48-35-36-49-37-38-50-39-40-51-41(42)23-21-8-6-4-2/h3-40H2,1-2H3. The van der Waals surface area contributed by atoms with E-state index in [2.05, 4.69) is 13.8 Å². The molecule has 0 amide bonds. The molecule has 0 rings (SSSR count). The lowest BCUT2D eigenvalue weighted by atomic mass is 10.0. The first-order chi connectivity index (χ1) is 25.3. The van der Waals surface area contributed by atoms with Crippen LogP contribution in [0, 0.1) is 0 Å². The smallest absolute Gasteiger partial charge is 0.305 e. The second kappa shape index (κ2) is 47.2. The first-order valence-electron chi connectivity index (χ1n) is 21.1. The number of ether oxygens (including phenoxy) is 9. The molecule has 0 aromatic rings. The van der Waals surface area contributed by atoms with Crippen LogP contribution in [0.25, 0.3) is 0 Å². The predicted octanol–water partition coefficient (Wildman–Crippen LogP) is 8.89. The number of rotatable bonds is 46. The number of carbonyl (C=O) groups is 1. The maximum absolute atomic E-state index is 11.6. The first-order valence-corrected chi connectivity index (χ1v) is 21.1. The maximum Gasteiger partial charge on any atom is 0.305 e. The Morgan fingerprint density at radius 3 is 0.824 bits per heavy atom. The van der Waals surface area contributed by atoms with E-state index in [1.807, 2.05) is 0 Å². The molecule has 0 radical (unpaired) electrons. The van der Waals surface area contributed by atoms with Gasteiger partial charge in [-0.25, -0.2) is 0 Å². The normalized spacial score (nSPS) is 11.5. The molecular weight excluding hydrogens is 652 g/mol. The molecule has 0 fully saturated rings. The lowest BCUT2D eigenvalue weighted by Crippen LogP contribution is -2.15. The summed E-state index contributed by atoms with van der Waals surface area (Å²) in [5, 5.41) is 0. The lowest BCUT2D eigenvalue weighted by Gasteiger charge is -2.09. The molecule has 51 heavy (non-hydrogen) atoms. The van der Waals surface area contributed by atoms with Crippen molar-refractivity contribution >= 4 is 5.97 Å². The van der Waals surface area contributed by atoms with Crippen molar-refractivity contribution in [3.05, 3.63) is 0 Å². The number of hydrogen-bond donors (Lipinski definition) is 0. The van der Waals surface area contributed by atoms with Gasteiger partial charge in [-0.1, -0.05) is 129 Å². The Morgan fingerprint density at radius 2 is 0.510 bits per heavy atom. The third kappa shape index (κ3) is 47.1. The largest absolute Gasteiger partial charge is 0.463 e. The van der Waals surface area contributed by atoms with Crippen molar-refractivity contribution in [3.8, 4) is 0 Å². The van der Waals surface area contributed by atoms with Gasteiger partial charge in [-0.05, 0) is 12.8 Å². The molecule has 0 aliphatic heterocycles. The van der Waals surface area contributed by atoms with E-state index in [0.29, 0.717) is 112 Å². The molecule has 0 aliphatic carbocycles. The van der Waals surface area contributed by atoms with Gasteiger partial charge in [-0.15, -0.1) is 0 Å². The maximum atomic E-state index is 11.6. The van der Waals surface area contributed by atoms with Gasteiger partial charge in [-0.2, -0.15) is 0 Å². The zero-order chi connectivity index (χ0) is 36.8. The monoisotopic (exact) mass is 735 g/mol. The van der Waals surface area contributed by atoms with Crippen molar-refractivity contribution in [2.24, 2.45) is 0 Å². The van der Waals surface area contributed by atoms with Gasteiger partial charge in [0.2, 0.25) is 0 Å². The number of carbonyl (C=O) groups excluding carboxylic acids is 1. The molecule has 0 heterocycles. The number of unbranched alkanes of at least 4 members (excludes halogenated alkanes) is 18. The molecule has 0 aromatic heterocycles. The highest BCUT2D eigenvalue weighted by atomic mass is 16.6. The summed E-state index contributed by atoms with van der Waals surface area (Å²) in [6.45, 7) is 13.4. The van der Waals surface area contributed by atoms with Crippen LogP contribution in [0.1, 0.15) is 149 Å². The number of esters is 1. The van der Waals surface area contributed by atoms with E-state index in [-0.39, 0.29) is 5.97 Å². The molecule has 0 saturated carbocycles. The highest BCUT2D eigenvalue weighted by Crippen LogP contribution is 2.13. The van der Waals surface area contributed by atoms with Gasteiger partial charge in [0.15, 0.2) is 0 Å². The second-order valence-corrected chi connectivity index (χ2v) is 13.2. The summed E-state index contributed by atoms with van der Waals surface area (Å²) in [4.78, 5) is 11.6. The van der Waals surface area contributed by atoms with Crippen molar-refractivity contribution in [2.45, 2.75) is 149 Å². The molecule has 306 valence electrons. The van der Waals surface area contributed by atoms with Gasteiger partial charge < -0.3 is 42.6 Å². The minimum Gasteiger partial charge on any atom is -0.463 e. The second-order valence-electron chi connectivity index (χ2n) is 13.2. The highest BCUT2D eigenvalue weighted by molar-refractivity contribution is 5.69. The van der Waals surface area contributed by atoms with E-state index in [1.165, 1.54) is 96.3 Å². The van der Waals surface area contributed by atoms with Crippen LogP contribution in [0.2, 0.25) is 0 Å². The SMILES string of the molecule is CCCCCCCCCCCCCCCCCCOCCOCCOCCOCCOCCOCCOCCOCCOC(=O)CCCCCC. The summed E-state index contributed by atoms with van der Waals surface area (Å²) >= 11 is 0. The average Bonchev–Trinajstić information content (AvgIpc) is 3.14. The van der Waals surface area contributed by atoms with Gasteiger partial charge in [0.25, 0.3) is 0 Å². The van der Waals surface area contributed by atoms with E-state index >= 15 is 0 Å². The summed E-state index contributed by atoms with van der Waals surface area (Å²) in [6, 6.07) is 0. The molecule has 0 saturated heterocycles. The van der Waals surface area contributed by atoms with E-state index in [4.69, 9.17) is 42.6 Å². The Bertz CT molecular complexity index is 640.